The molecule has 1 saturated heterocycles. The summed E-state index contributed by atoms with van der Waals surface area (Å²) in [5.74, 6) is -1.17. The van der Waals surface area contributed by atoms with Crippen molar-refractivity contribution in [1.82, 2.24) is 5.32 Å². The average Bonchev–Trinajstić information content (AvgIpc) is 2.29. The Morgan fingerprint density at radius 3 is 2.50 bits per heavy atom. The van der Waals surface area contributed by atoms with Crippen molar-refractivity contribution in [2.75, 3.05) is 6.54 Å². The fourth-order valence-corrected chi connectivity index (χ4v) is 2.30. The topological polar surface area (TPSA) is 12.0 Å². The van der Waals surface area contributed by atoms with Gasteiger partial charge in [-0.3, -0.25) is 0 Å². The van der Waals surface area contributed by atoms with Gasteiger partial charge in [-0.2, -0.15) is 13.2 Å². The Morgan fingerprint density at radius 1 is 1.22 bits per heavy atom. The number of hydrogen-bond acceptors (Lipinski definition) is 1. The van der Waals surface area contributed by atoms with Crippen molar-refractivity contribution in [1.29, 1.82) is 0 Å². The van der Waals surface area contributed by atoms with E-state index in [2.05, 4.69) is 5.32 Å². The maximum atomic E-state index is 13.2. The fraction of sp³-hybridized carbons (Fsp3) is 0.538. The molecule has 0 aromatic heterocycles. The van der Waals surface area contributed by atoms with Crippen LogP contribution in [0.2, 0.25) is 0 Å². The third-order valence-corrected chi connectivity index (χ3v) is 3.43. The van der Waals surface area contributed by atoms with Gasteiger partial charge >= 0.3 is 6.18 Å². The molecule has 1 aliphatic rings. The third-order valence-electron chi connectivity index (χ3n) is 3.43. The van der Waals surface area contributed by atoms with Crippen LogP contribution in [-0.2, 0) is 6.18 Å². The zero-order chi connectivity index (χ0) is 13.3. The zero-order valence-electron chi connectivity index (χ0n) is 10.0. The molecule has 0 amide bonds. The van der Waals surface area contributed by atoms with Gasteiger partial charge in [-0.05, 0) is 43.4 Å². The van der Waals surface area contributed by atoms with Gasteiger partial charge in [-0.1, -0.05) is 6.07 Å². The minimum Gasteiger partial charge on any atom is -0.314 e. The summed E-state index contributed by atoms with van der Waals surface area (Å²) in [5.41, 5.74) is -0.609. The van der Waals surface area contributed by atoms with Gasteiger partial charge in [0, 0.05) is 12.6 Å². The van der Waals surface area contributed by atoms with Gasteiger partial charge in [0.1, 0.15) is 5.82 Å². The van der Waals surface area contributed by atoms with Crippen LogP contribution in [0.25, 0.3) is 0 Å². The Labute approximate surface area is 103 Å². The third kappa shape index (κ3) is 2.83. The van der Waals surface area contributed by atoms with Crippen LogP contribution in [0.1, 0.15) is 36.8 Å². The highest BCUT2D eigenvalue weighted by Gasteiger charge is 2.34. The second kappa shape index (κ2) is 4.88. The maximum Gasteiger partial charge on any atom is 0.419 e. The first-order chi connectivity index (χ1) is 8.38. The van der Waals surface area contributed by atoms with Gasteiger partial charge in [-0.15, -0.1) is 0 Å². The number of rotatable bonds is 1. The number of nitrogens with one attached hydrogen (secondary N) is 1. The smallest absolute Gasteiger partial charge is 0.314 e. The Kier molecular flexibility index (Phi) is 3.61. The van der Waals surface area contributed by atoms with Crippen molar-refractivity contribution in [2.24, 2.45) is 0 Å². The molecule has 1 N–H and O–H groups in total. The Bertz CT molecular complexity index is 419. The lowest BCUT2D eigenvalue weighted by molar-refractivity contribution is -0.140. The molecule has 1 aromatic carbocycles. The molecular formula is C13H15F4N. The first kappa shape index (κ1) is 13.3. The minimum absolute atomic E-state index is 0.0305. The maximum absolute atomic E-state index is 13.2. The summed E-state index contributed by atoms with van der Waals surface area (Å²) in [6.07, 6.45) is -2.88. The van der Waals surface area contributed by atoms with Crippen LogP contribution in [0.4, 0.5) is 17.6 Å². The molecule has 1 fully saturated rings. The standard InChI is InChI=1S/C13H15F4N/c1-8-2-3-10(7-18-8)9-4-5-12(14)11(6-9)13(15,16)17/h4-6,8,10,18H,2-3,7H2,1H3. The van der Waals surface area contributed by atoms with Crippen LogP contribution < -0.4 is 5.32 Å². The highest BCUT2D eigenvalue weighted by molar-refractivity contribution is 5.30. The van der Waals surface area contributed by atoms with E-state index < -0.39 is 17.6 Å². The Hall–Kier alpha value is -1.10. The molecule has 1 aliphatic heterocycles. The van der Waals surface area contributed by atoms with Crippen LogP contribution in [0.3, 0.4) is 0 Å². The lowest BCUT2D eigenvalue weighted by Gasteiger charge is -2.28. The van der Waals surface area contributed by atoms with Crippen LogP contribution >= 0.6 is 0 Å². The van der Waals surface area contributed by atoms with Crippen molar-refractivity contribution in [3.8, 4) is 0 Å². The van der Waals surface area contributed by atoms with E-state index in [4.69, 9.17) is 0 Å². The number of halogens is 4. The van der Waals surface area contributed by atoms with E-state index in [0.717, 1.165) is 25.0 Å². The number of hydrogen-bond donors (Lipinski definition) is 1. The molecule has 1 heterocycles. The molecule has 100 valence electrons. The van der Waals surface area contributed by atoms with Crippen LogP contribution in [-0.4, -0.2) is 12.6 Å². The largest absolute Gasteiger partial charge is 0.419 e. The van der Waals surface area contributed by atoms with Gasteiger partial charge < -0.3 is 5.32 Å². The Morgan fingerprint density at radius 2 is 1.94 bits per heavy atom. The summed E-state index contributed by atoms with van der Waals surface area (Å²) in [7, 11) is 0. The van der Waals surface area contributed by atoms with Gasteiger partial charge in [0.05, 0.1) is 5.56 Å². The SMILES string of the molecule is CC1CCC(c2ccc(F)c(C(F)(F)F)c2)CN1. The molecule has 2 atom stereocenters. The lowest BCUT2D eigenvalue weighted by Crippen LogP contribution is -2.35. The predicted molar refractivity (Wildman–Crippen MR) is 60.8 cm³/mol. The normalized spacial score (nSPS) is 25.2. The van der Waals surface area contributed by atoms with E-state index >= 15 is 0 Å². The molecule has 1 aromatic rings. The average molecular weight is 261 g/mol. The summed E-state index contributed by atoms with van der Waals surface area (Å²) in [4.78, 5) is 0. The van der Waals surface area contributed by atoms with E-state index in [-0.39, 0.29) is 5.92 Å². The van der Waals surface area contributed by atoms with E-state index in [1.165, 1.54) is 6.07 Å². The van der Waals surface area contributed by atoms with Crippen molar-refractivity contribution >= 4 is 0 Å². The lowest BCUT2D eigenvalue weighted by atomic mass is 9.88. The van der Waals surface area contributed by atoms with Gasteiger partial charge in [0.25, 0.3) is 0 Å². The van der Waals surface area contributed by atoms with Gasteiger partial charge in [0.15, 0.2) is 0 Å². The highest BCUT2D eigenvalue weighted by Crippen LogP contribution is 2.34. The summed E-state index contributed by atoms with van der Waals surface area (Å²) in [6.45, 7) is 2.69. The van der Waals surface area contributed by atoms with E-state index in [9.17, 15) is 17.6 Å². The molecule has 2 rings (SSSR count). The second-order valence-corrected chi connectivity index (χ2v) is 4.82. The van der Waals surface area contributed by atoms with E-state index in [1.54, 1.807) is 0 Å². The molecular weight excluding hydrogens is 246 g/mol. The first-order valence-corrected chi connectivity index (χ1v) is 5.98. The minimum atomic E-state index is -4.63. The molecule has 0 radical (unpaired) electrons. The Balaban J connectivity index is 2.24. The quantitative estimate of drug-likeness (QED) is 0.760. The van der Waals surface area contributed by atoms with Crippen molar-refractivity contribution in [2.45, 2.75) is 37.9 Å². The first-order valence-electron chi connectivity index (χ1n) is 5.98. The van der Waals surface area contributed by atoms with Crippen LogP contribution in [0, 0.1) is 5.82 Å². The number of benzene rings is 1. The molecule has 5 heteroatoms. The second-order valence-electron chi connectivity index (χ2n) is 4.82. The summed E-state index contributed by atoms with van der Waals surface area (Å²) in [6, 6.07) is 3.70. The molecule has 2 unspecified atom stereocenters. The van der Waals surface area contributed by atoms with E-state index in [1.807, 2.05) is 6.92 Å². The van der Waals surface area contributed by atoms with Gasteiger partial charge in [-0.25, -0.2) is 4.39 Å². The van der Waals surface area contributed by atoms with Gasteiger partial charge in [0.2, 0.25) is 0 Å². The molecule has 0 spiro atoms. The van der Waals surface area contributed by atoms with Crippen LogP contribution in [0.15, 0.2) is 18.2 Å². The molecule has 18 heavy (non-hydrogen) atoms. The van der Waals surface area contributed by atoms with E-state index in [0.29, 0.717) is 18.2 Å². The predicted octanol–water partition coefficient (Wildman–Crippen LogP) is 3.70. The summed E-state index contributed by atoms with van der Waals surface area (Å²) >= 11 is 0. The fourth-order valence-electron chi connectivity index (χ4n) is 2.30. The number of alkyl halides is 3. The summed E-state index contributed by atoms with van der Waals surface area (Å²) in [5, 5.41) is 3.23. The molecule has 0 bridgehead atoms. The highest BCUT2D eigenvalue weighted by atomic mass is 19.4. The van der Waals surface area contributed by atoms with Crippen LogP contribution in [0.5, 0.6) is 0 Å². The van der Waals surface area contributed by atoms with Crippen molar-refractivity contribution in [3.05, 3.63) is 35.1 Å². The zero-order valence-corrected chi connectivity index (χ0v) is 10.0. The molecule has 1 nitrogen and oxygen atoms in total. The number of piperidine rings is 1. The van der Waals surface area contributed by atoms with Crippen molar-refractivity contribution < 1.29 is 17.6 Å². The molecule has 0 saturated carbocycles. The molecule has 0 aliphatic carbocycles. The summed E-state index contributed by atoms with van der Waals surface area (Å²) < 4.78 is 51.0. The van der Waals surface area contributed by atoms with Crippen molar-refractivity contribution in [3.63, 3.8) is 0 Å². The monoisotopic (exact) mass is 261 g/mol.